The number of para-hydroxylation sites is 1. The van der Waals surface area contributed by atoms with E-state index in [2.05, 4.69) is 51.5 Å². The Balaban J connectivity index is 1.11. The summed E-state index contributed by atoms with van der Waals surface area (Å²) >= 11 is 0. The molecule has 5 nitrogen and oxygen atoms in total. The number of carbonyl (C=O) groups is 1. The molecule has 30 heavy (non-hydrogen) atoms. The van der Waals surface area contributed by atoms with Crippen LogP contribution in [0, 0.1) is 0 Å². The van der Waals surface area contributed by atoms with Crippen molar-refractivity contribution >= 4 is 22.4 Å². The highest BCUT2D eigenvalue weighted by molar-refractivity contribution is 5.84. The topological polar surface area (TPSA) is 44.8 Å². The number of rotatable bonds is 8. The quantitative estimate of drug-likeness (QED) is 0.585. The fraction of sp³-hybridized carbons (Fsp3) is 0.320. The van der Waals surface area contributed by atoms with Crippen molar-refractivity contribution in [1.82, 2.24) is 10.2 Å². The lowest BCUT2D eigenvalue weighted by atomic mass is 10.1. The van der Waals surface area contributed by atoms with Gasteiger partial charge in [-0.25, -0.2) is 0 Å². The number of hydrogen-bond acceptors (Lipinski definition) is 4. The molecule has 0 radical (unpaired) electrons. The molecule has 3 aromatic carbocycles. The number of amides is 1. The van der Waals surface area contributed by atoms with Crippen molar-refractivity contribution in [3.05, 3.63) is 72.8 Å². The van der Waals surface area contributed by atoms with E-state index in [1.807, 2.05) is 36.4 Å². The Hall–Kier alpha value is -3.05. The molecule has 5 heteroatoms. The number of nitrogens with zero attached hydrogens (tertiary/aromatic N) is 2. The smallest absolute Gasteiger partial charge is 0.257 e. The van der Waals surface area contributed by atoms with Gasteiger partial charge in [0.1, 0.15) is 5.75 Å². The van der Waals surface area contributed by atoms with Crippen LogP contribution in [0.2, 0.25) is 0 Å². The van der Waals surface area contributed by atoms with Crippen LogP contribution in [-0.2, 0) is 4.79 Å². The van der Waals surface area contributed by atoms with Gasteiger partial charge < -0.3 is 15.0 Å². The normalized spacial score (nSPS) is 14.6. The average molecular weight is 404 g/mol. The third kappa shape index (κ3) is 5.51. The fourth-order valence-corrected chi connectivity index (χ4v) is 3.86. The molecule has 0 aromatic heterocycles. The maximum atomic E-state index is 12.1. The Morgan fingerprint density at radius 1 is 0.867 bits per heavy atom. The summed E-state index contributed by atoms with van der Waals surface area (Å²) in [5, 5.41) is 5.24. The van der Waals surface area contributed by atoms with E-state index in [1.165, 1.54) is 11.1 Å². The van der Waals surface area contributed by atoms with Gasteiger partial charge >= 0.3 is 0 Å². The number of nitrogens with one attached hydrogen (secondary N) is 1. The van der Waals surface area contributed by atoms with Gasteiger partial charge in [0, 0.05) is 38.4 Å². The van der Waals surface area contributed by atoms with Crippen molar-refractivity contribution < 1.29 is 9.53 Å². The first-order valence-corrected chi connectivity index (χ1v) is 10.7. The van der Waals surface area contributed by atoms with Gasteiger partial charge in [-0.2, -0.15) is 0 Å². The van der Waals surface area contributed by atoms with Crippen molar-refractivity contribution in [2.45, 2.75) is 6.42 Å². The summed E-state index contributed by atoms with van der Waals surface area (Å²) in [6, 6.07) is 24.6. The Bertz CT molecular complexity index is 953. The van der Waals surface area contributed by atoms with E-state index in [-0.39, 0.29) is 12.5 Å². The highest BCUT2D eigenvalue weighted by atomic mass is 16.5. The van der Waals surface area contributed by atoms with Gasteiger partial charge in [0.2, 0.25) is 0 Å². The summed E-state index contributed by atoms with van der Waals surface area (Å²) in [4.78, 5) is 17.0. The molecule has 0 saturated carbocycles. The van der Waals surface area contributed by atoms with Gasteiger partial charge in [-0.05, 0) is 48.0 Å². The molecule has 1 heterocycles. The molecular weight excluding hydrogens is 374 g/mol. The zero-order valence-electron chi connectivity index (χ0n) is 17.3. The van der Waals surface area contributed by atoms with Crippen LogP contribution in [-0.4, -0.2) is 56.7 Å². The van der Waals surface area contributed by atoms with Crippen molar-refractivity contribution in [2.24, 2.45) is 0 Å². The molecular formula is C25H29N3O2. The molecule has 156 valence electrons. The van der Waals surface area contributed by atoms with Crippen LogP contribution in [0.15, 0.2) is 72.8 Å². The number of fused-ring (bicyclic) bond motifs is 1. The molecule has 1 N–H and O–H groups in total. The lowest BCUT2D eigenvalue weighted by molar-refractivity contribution is -0.123. The summed E-state index contributed by atoms with van der Waals surface area (Å²) in [5.41, 5.74) is 1.30. The molecule has 4 rings (SSSR count). The van der Waals surface area contributed by atoms with E-state index in [1.54, 1.807) is 0 Å². The Morgan fingerprint density at radius 2 is 1.60 bits per heavy atom. The molecule has 1 aliphatic rings. The standard InChI is InChI=1S/C25H29N3O2/c29-25(20-30-24-12-11-21-7-4-5-8-22(21)19-24)26-13-6-14-27-15-17-28(18-16-27)23-9-2-1-3-10-23/h1-5,7-12,19H,6,13-18,20H2,(H,26,29). The van der Waals surface area contributed by atoms with Crippen LogP contribution in [0.5, 0.6) is 5.75 Å². The summed E-state index contributed by atoms with van der Waals surface area (Å²) in [6.45, 7) is 5.97. The van der Waals surface area contributed by atoms with Gasteiger partial charge in [0.25, 0.3) is 5.91 Å². The van der Waals surface area contributed by atoms with Crippen LogP contribution in [0.4, 0.5) is 5.69 Å². The van der Waals surface area contributed by atoms with Crippen LogP contribution in [0.1, 0.15) is 6.42 Å². The third-order valence-electron chi connectivity index (χ3n) is 5.56. The van der Waals surface area contributed by atoms with E-state index in [0.29, 0.717) is 6.54 Å². The molecule has 1 aliphatic heterocycles. The zero-order valence-corrected chi connectivity index (χ0v) is 17.3. The molecule has 3 aromatic rings. The van der Waals surface area contributed by atoms with Crippen molar-refractivity contribution in [3.8, 4) is 5.75 Å². The maximum Gasteiger partial charge on any atom is 0.257 e. The van der Waals surface area contributed by atoms with E-state index in [0.717, 1.165) is 50.3 Å². The second-order valence-electron chi connectivity index (χ2n) is 7.67. The first-order valence-electron chi connectivity index (χ1n) is 10.7. The highest BCUT2D eigenvalue weighted by Gasteiger charge is 2.16. The number of carbonyl (C=O) groups excluding carboxylic acids is 1. The number of benzene rings is 3. The molecule has 0 aliphatic carbocycles. The van der Waals surface area contributed by atoms with E-state index in [9.17, 15) is 4.79 Å². The van der Waals surface area contributed by atoms with Crippen LogP contribution < -0.4 is 15.0 Å². The lowest BCUT2D eigenvalue weighted by Gasteiger charge is -2.36. The minimum absolute atomic E-state index is 0.0497. The molecule has 1 fully saturated rings. The van der Waals surface area contributed by atoms with Gasteiger partial charge in [-0.15, -0.1) is 0 Å². The van der Waals surface area contributed by atoms with Crippen molar-refractivity contribution in [3.63, 3.8) is 0 Å². The average Bonchev–Trinajstić information content (AvgIpc) is 2.81. The van der Waals surface area contributed by atoms with Gasteiger partial charge in [0.05, 0.1) is 0 Å². The van der Waals surface area contributed by atoms with Crippen molar-refractivity contribution in [1.29, 1.82) is 0 Å². The van der Waals surface area contributed by atoms with Crippen molar-refractivity contribution in [2.75, 3.05) is 50.8 Å². The van der Waals surface area contributed by atoms with Gasteiger partial charge in [-0.3, -0.25) is 9.69 Å². The number of anilines is 1. The lowest BCUT2D eigenvalue weighted by Crippen LogP contribution is -2.47. The maximum absolute atomic E-state index is 12.1. The van der Waals surface area contributed by atoms with Crippen LogP contribution in [0.3, 0.4) is 0 Å². The minimum Gasteiger partial charge on any atom is -0.484 e. The monoisotopic (exact) mass is 403 g/mol. The van der Waals surface area contributed by atoms with E-state index < -0.39 is 0 Å². The van der Waals surface area contributed by atoms with Gasteiger partial charge in [-0.1, -0.05) is 48.5 Å². The molecule has 0 bridgehead atoms. The number of hydrogen-bond donors (Lipinski definition) is 1. The number of ether oxygens (including phenoxy) is 1. The zero-order chi connectivity index (χ0) is 20.6. The summed E-state index contributed by atoms with van der Waals surface area (Å²) in [6.07, 6.45) is 0.951. The van der Waals surface area contributed by atoms with E-state index >= 15 is 0 Å². The molecule has 0 atom stereocenters. The minimum atomic E-state index is -0.0722. The fourth-order valence-electron chi connectivity index (χ4n) is 3.86. The SMILES string of the molecule is O=C(COc1ccc2ccccc2c1)NCCCN1CCN(c2ccccc2)CC1. The summed E-state index contributed by atoms with van der Waals surface area (Å²) < 4.78 is 5.65. The largest absolute Gasteiger partial charge is 0.484 e. The number of piperazine rings is 1. The summed E-state index contributed by atoms with van der Waals surface area (Å²) in [5.74, 6) is 0.650. The predicted octanol–water partition coefficient (Wildman–Crippen LogP) is 3.55. The van der Waals surface area contributed by atoms with Crippen LogP contribution >= 0.6 is 0 Å². The molecule has 0 unspecified atom stereocenters. The molecule has 1 saturated heterocycles. The second-order valence-corrected chi connectivity index (χ2v) is 7.67. The summed E-state index contributed by atoms with van der Waals surface area (Å²) in [7, 11) is 0. The molecule has 1 amide bonds. The third-order valence-corrected chi connectivity index (χ3v) is 5.56. The first-order chi connectivity index (χ1) is 14.8. The Morgan fingerprint density at radius 3 is 2.40 bits per heavy atom. The van der Waals surface area contributed by atoms with Gasteiger partial charge in [0.15, 0.2) is 6.61 Å². The van der Waals surface area contributed by atoms with E-state index in [4.69, 9.17) is 4.74 Å². The highest BCUT2D eigenvalue weighted by Crippen LogP contribution is 2.20. The predicted molar refractivity (Wildman–Crippen MR) is 122 cm³/mol. The Labute approximate surface area is 178 Å². The second kappa shape index (κ2) is 10.1. The first kappa shape index (κ1) is 20.2. The van der Waals surface area contributed by atoms with Crippen LogP contribution in [0.25, 0.3) is 10.8 Å². The Kier molecular flexibility index (Phi) is 6.83. The molecule has 0 spiro atoms.